The Labute approximate surface area is 144 Å². The summed E-state index contributed by atoms with van der Waals surface area (Å²) in [4.78, 5) is 0. The van der Waals surface area contributed by atoms with E-state index in [-0.39, 0.29) is 6.29 Å². The fraction of sp³-hybridized carbons (Fsp3) is 0.364. The highest BCUT2D eigenvalue weighted by Crippen LogP contribution is 2.38. The Morgan fingerprint density at radius 1 is 0.917 bits per heavy atom. The average molecular weight is 320 g/mol. The van der Waals surface area contributed by atoms with Crippen LogP contribution in [0.4, 0.5) is 0 Å². The van der Waals surface area contributed by atoms with Crippen LogP contribution in [0.3, 0.4) is 0 Å². The first-order chi connectivity index (χ1) is 11.8. The van der Waals surface area contributed by atoms with Crippen molar-refractivity contribution in [1.29, 1.82) is 0 Å². The van der Waals surface area contributed by atoms with Crippen molar-refractivity contribution >= 4 is 11.8 Å². The molecule has 4 rings (SSSR count). The molecule has 2 nitrogen and oxygen atoms in total. The van der Waals surface area contributed by atoms with Gasteiger partial charge in [-0.15, -0.1) is 0 Å². The van der Waals surface area contributed by atoms with Gasteiger partial charge >= 0.3 is 0 Å². The summed E-state index contributed by atoms with van der Waals surface area (Å²) in [5.41, 5.74) is 4.69. The monoisotopic (exact) mass is 320 g/mol. The Bertz CT molecular complexity index is 724. The van der Waals surface area contributed by atoms with E-state index in [0.29, 0.717) is 6.10 Å². The van der Waals surface area contributed by atoms with Crippen molar-refractivity contribution < 1.29 is 9.47 Å². The fourth-order valence-corrected chi connectivity index (χ4v) is 3.56. The number of fused-ring (bicyclic) bond motifs is 1. The Morgan fingerprint density at radius 3 is 2.46 bits per heavy atom. The molecule has 1 unspecified atom stereocenters. The maximum Gasteiger partial charge on any atom is 0.227 e. The second-order valence-electron chi connectivity index (χ2n) is 6.85. The van der Waals surface area contributed by atoms with Crippen LogP contribution in [0.25, 0.3) is 11.8 Å². The van der Waals surface area contributed by atoms with E-state index in [0.717, 1.165) is 29.7 Å². The van der Waals surface area contributed by atoms with Crippen LogP contribution < -0.4 is 0 Å². The lowest BCUT2D eigenvalue weighted by molar-refractivity contribution is -0.146. The molecule has 2 aromatic carbocycles. The molecule has 0 amide bonds. The van der Waals surface area contributed by atoms with Crippen LogP contribution in [-0.4, -0.2) is 6.10 Å². The summed E-state index contributed by atoms with van der Waals surface area (Å²) in [6.07, 6.45) is 8.29. The van der Waals surface area contributed by atoms with Gasteiger partial charge in [-0.05, 0) is 31.4 Å². The van der Waals surface area contributed by atoms with Crippen molar-refractivity contribution in [3.05, 3.63) is 70.8 Å². The van der Waals surface area contributed by atoms with Gasteiger partial charge in [0.25, 0.3) is 0 Å². The minimum Gasteiger partial charge on any atom is -0.460 e. The third-order valence-corrected chi connectivity index (χ3v) is 4.97. The zero-order valence-corrected chi connectivity index (χ0v) is 14.2. The first kappa shape index (κ1) is 15.5. The predicted molar refractivity (Wildman–Crippen MR) is 97.3 cm³/mol. The van der Waals surface area contributed by atoms with Gasteiger partial charge in [-0.25, -0.2) is 0 Å². The van der Waals surface area contributed by atoms with Gasteiger partial charge in [0.2, 0.25) is 6.29 Å². The molecule has 1 aliphatic carbocycles. The molecule has 2 heteroatoms. The van der Waals surface area contributed by atoms with Gasteiger partial charge < -0.3 is 9.47 Å². The molecular formula is C22H24O2. The highest BCUT2D eigenvalue weighted by molar-refractivity contribution is 5.80. The number of ether oxygens (including phenoxy) is 2. The summed E-state index contributed by atoms with van der Waals surface area (Å²) in [6, 6.07) is 16.9. The fourth-order valence-electron chi connectivity index (χ4n) is 3.56. The molecule has 0 bridgehead atoms. The van der Waals surface area contributed by atoms with Crippen molar-refractivity contribution in [2.75, 3.05) is 0 Å². The SMILES string of the molecule is Cc1ccc(C2=Cc3ccccc3C(OC3CCCCC3)O2)cc1. The summed E-state index contributed by atoms with van der Waals surface area (Å²) in [7, 11) is 0. The lowest BCUT2D eigenvalue weighted by atomic mass is 9.97. The second kappa shape index (κ2) is 6.82. The topological polar surface area (TPSA) is 18.5 Å². The van der Waals surface area contributed by atoms with Crippen molar-refractivity contribution in [1.82, 2.24) is 0 Å². The Balaban J connectivity index is 1.63. The highest BCUT2D eigenvalue weighted by Gasteiger charge is 2.27. The molecule has 0 N–H and O–H groups in total. The van der Waals surface area contributed by atoms with Crippen LogP contribution in [0, 0.1) is 6.92 Å². The summed E-state index contributed by atoms with van der Waals surface area (Å²) in [6.45, 7) is 2.10. The first-order valence-electron chi connectivity index (χ1n) is 8.99. The van der Waals surface area contributed by atoms with Crippen molar-refractivity contribution in [2.45, 2.75) is 51.4 Å². The average Bonchev–Trinajstić information content (AvgIpc) is 2.63. The third-order valence-electron chi connectivity index (χ3n) is 4.97. The maximum absolute atomic E-state index is 6.37. The molecule has 2 aromatic rings. The van der Waals surface area contributed by atoms with Crippen molar-refractivity contribution in [2.24, 2.45) is 0 Å². The summed E-state index contributed by atoms with van der Waals surface area (Å²) >= 11 is 0. The molecule has 1 atom stereocenters. The molecular weight excluding hydrogens is 296 g/mol. The molecule has 24 heavy (non-hydrogen) atoms. The van der Waals surface area contributed by atoms with Gasteiger partial charge in [0, 0.05) is 11.1 Å². The van der Waals surface area contributed by atoms with Gasteiger partial charge in [0.05, 0.1) is 6.10 Å². The minimum absolute atomic E-state index is 0.300. The maximum atomic E-state index is 6.37. The Kier molecular flexibility index (Phi) is 4.40. The van der Waals surface area contributed by atoms with Crippen LogP contribution in [0.5, 0.6) is 0 Å². The summed E-state index contributed by atoms with van der Waals surface area (Å²) < 4.78 is 12.7. The largest absolute Gasteiger partial charge is 0.460 e. The first-order valence-corrected chi connectivity index (χ1v) is 8.99. The lowest BCUT2D eigenvalue weighted by Gasteiger charge is -2.32. The number of hydrogen-bond donors (Lipinski definition) is 0. The third kappa shape index (κ3) is 3.25. The van der Waals surface area contributed by atoms with E-state index < -0.39 is 0 Å². The number of rotatable bonds is 3. The zero-order valence-electron chi connectivity index (χ0n) is 14.2. The van der Waals surface area contributed by atoms with E-state index in [4.69, 9.17) is 9.47 Å². The number of benzene rings is 2. The van der Waals surface area contributed by atoms with Crippen LogP contribution in [0.1, 0.15) is 60.6 Å². The molecule has 1 aliphatic heterocycles. The highest BCUT2D eigenvalue weighted by atomic mass is 16.7. The standard InChI is InChI=1S/C22H24O2/c1-16-11-13-17(14-12-16)21-15-18-7-5-6-10-20(18)22(24-21)23-19-8-3-2-4-9-19/h5-7,10-15,19,22H,2-4,8-9H2,1H3. The molecule has 2 aliphatic rings. The molecule has 0 aromatic heterocycles. The minimum atomic E-state index is -0.300. The summed E-state index contributed by atoms with van der Waals surface area (Å²) in [5, 5.41) is 0. The van der Waals surface area contributed by atoms with Crippen LogP contribution in [0.2, 0.25) is 0 Å². The Hall–Kier alpha value is -2.06. The van der Waals surface area contributed by atoms with E-state index >= 15 is 0 Å². The van der Waals surface area contributed by atoms with Gasteiger partial charge in [-0.2, -0.15) is 0 Å². The number of aryl methyl sites for hydroxylation is 1. The van der Waals surface area contributed by atoms with Gasteiger partial charge in [0.1, 0.15) is 5.76 Å². The normalized spacial score (nSPS) is 20.9. The second-order valence-corrected chi connectivity index (χ2v) is 6.85. The molecule has 0 radical (unpaired) electrons. The summed E-state index contributed by atoms with van der Waals surface area (Å²) in [5.74, 6) is 0.898. The van der Waals surface area contributed by atoms with Crippen LogP contribution in [0.15, 0.2) is 48.5 Å². The van der Waals surface area contributed by atoms with Crippen LogP contribution >= 0.6 is 0 Å². The molecule has 1 saturated carbocycles. The van der Waals surface area contributed by atoms with E-state index in [1.807, 2.05) is 0 Å². The van der Waals surface area contributed by atoms with E-state index in [1.165, 1.54) is 30.4 Å². The molecule has 1 fully saturated rings. The lowest BCUT2D eigenvalue weighted by Crippen LogP contribution is -2.23. The molecule has 124 valence electrons. The molecule has 1 heterocycles. The van der Waals surface area contributed by atoms with Crippen molar-refractivity contribution in [3.63, 3.8) is 0 Å². The zero-order chi connectivity index (χ0) is 16.4. The number of hydrogen-bond acceptors (Lipinski definition) is 2. The van der Waals surface area contributed by atoms with Crippen LogP contribution in [-0.2, 0) is 9.47 Å². The Morgan fingerprint density at radius 2 is 1.67 bits per heavy atom. The van der Waals surface area contributed by atoms with E-state index in [1.54, 1.807) is 0 Å². The van der Waals surface area contributed by atoms with Gasteiger partial charge in [-0.1, -0.05) is 73.4 Å². The van der Waals surface area contributed by atoms with Gasteiger partial charge in [0.15, 0.2) is 0 Å². The quantitative estimate of drug-likeness (QED) is 0.704. The molecule has 0 saturated heterocycles. The van der Waals surface area contributed by atoms with Gasteiger partial charge in [-0.3, -0.25) is 0 Å². The van der Waals surface area contributed by atoms with Crippen molar-refractivity contribution in [3.8, 4) is 0 Å². The van der Waals surface area contributed by atoms with E-state index in [2.05, 4.69) is 61.5 Å². The smallest absolute Gasteiger partial charge is 0.227 e. The molecule has 0 spiro atoms. The van der Waals surface area contributed by atoms with E-state index in [9.17, 15) is 0 Å². The predicted octanol–water partition coefficient (Wildman–Crippen LogP) is 5.87.